The van der Waals surface area contributed by atoms with Gasteiger partial charge >= 0.3 is 5.97 Å². The van der Waals surface area contributed by atoms with Crippen molar-refractivity contribution in [1.29, 1.82) is 0 Å². The molecule has 3 unspecified atom stereocenters. The largest absolute Gasteiger partial charge is 0.481 e. The van der Waals surface area contributed by atoms with Crippen LogP contribution in [0.4, 0.5) is 4.39 Å². The predicted octanol–water partition coefficient (Wildman–Crippen LogP) is 3.71. The Labute approximate surface area is 201 Å². The number of carboxylic acids is 1. The van der Waals surface area contributed by atoms with E-state index in [4.69, 9.17) is 11.6 Å². The van der Waals surface area contributed by atoms with E-state index in [-0.39, 0.29) is 24.4 Å². The first-order chi connectivity index (χ1) is 16.3. The molecule has 34 heavy (non-hydrogen) atoms. The normalized spacial score (nSPS) is 15.0. The summed E-state index contributed by atoms with van der Waals surface area (Å²) in [6, 6.07) is 11.0. The minimum absolute atomic E-state index is 0.0757. The quantitative estimate of drug-likeness (QED) is 0.244. The summed E-state index contributed by atoms with van der Waals surface area (Å²) in [6.07, 6.45) is 1.47. The number of aromatic amines is 1. The van der Waals surface area contributed by atoms with Crippen LogP contribution in [0.2, 0.25) is 5.02 Å². The number of aliphatic hydroxyl groups is 2. The van der Waals surface area contributed by atoms with Gasteiger partial charge in [0, 0.05) is 16.6 Å². The average Bonchev–Trinajstić information content (AvgIpc) is 3.36. The molecule has 0 spiro atoms. The number of aliphatic hydroxyl groups excluding tert-OH is 2. The third-order valence-corrected chi connectivity index (χ3v) is 6.14. The van der Waals surface area contributed by atoms with Crippen molar-refractivity contribution >= 4 is 17.6 Å². The van der Waals surface area contributed by atoms with Crippen LogP contribution in [-0.4, -0.2) is 49.3 Å². The first kappa shape index (κ1) is 25.8. The van der Waals surface area contributed by atoms with Crippen LogP contribution >= 0.6 is 11.6 Å². The van der Waals surface area contributed by atoms with E-state index in [0.29, 0.717) is 29.0 Å². The van der Waals surface area contributed by atoms with Crippen molar-refractivity contribution in [2.45, 2.75) is 44.9 Å². The Morgan fingerprint density at radius 3 is 2.59 bits per heavy atom. The van der Waals surface area contributed by atoms with Gasteiger partial charge in [-0.2, -0.15) is 15.4 Å². The Morgan fingerprint density at radius 2 is 2.00 bits per heavy atom. The molecule has 0 aliphatic carbocycles. The lowest BCUT2D eigenvalue weighted by atomic mass is 9.77. The average molecular weight is 491 g/mol. The summed E-state index contributed by atoms with van der Waals surface area (Å²) < 4.78 is 14.2. The van der Waals surface area contributed by atoms with Crippen molar-refractivity contribution in [3.8, 4) is 11.1 Å². The maximum atomic E-state index is 14.2. The highest BCUT2D eigenvalue weighted by Gasteiger charge is 2.40. The number of hydrogen-bond acceptors (Lipinski definition) is 6. The zero-order valence-corrected chi connectivity index (χ0v) is 19.5. The van der Waals surface area contributed by atoms with Gasteiger partial charge in [0.25, 0.3) is 0 Å². The van der Waals surface area contributed by atoms with Gasteiger partial charge in [0.15, 0.2) is 6.23 Å². The van der Waals surface area contributed by atoms with Gasteiger partial charge < -0.3 is 15.3 Å². The number of carbonyl (C=O) groups is 1. The minimum Gasteiger partial charge on any atom is -0.481 e. The van der Waals surface area contributed by atoms with E-state index < -0.39 is 30.3 Å². The number of carboxylic acid groups (broad SMARTS) is 1. The first-order valence-corrected chi connectivity index (χ1v) is 11.3. The van der Waals surface area contributed by atoms with Gasteiger partial charge in [0.2, 0.25) is 0 Å². The summed E-state index contributed by atoms with van der Waals surface area (Å²) in [7, 11) is 0. The first-order valence-electron chi connectivity index (χ1n) is 11.0. The van der Waals surface area contributed by atoms with Crippen molar-refractivity contribution < 1.29 is 24.5 Å². The van der Waals surface area contributed by atoms with E-state index in [9.17, 15) is 24.5 Å². The van der Waals surface area contributed by atoms with Crippen LogP contribution in [0.15, 0.2) is 48.7 Å². The van der Waals surface area contributed by atoms with Crippen LogP contribution < -0.4 is 5.32 Å². The fourth-order valence-corrected chi connectivity index (χ4v) is 4.29. The molecule has 0 saturated carbocycles. The monoisotopic (exact) mass is 490 g/mol. The van der Waals surface area contributed by atoms with Gasteiger partial charge in [-0.1, -0.05) is 49.2 Å². The fourth-order valence-electron chi connectivity index (χ4n) is 4.12. The van der Waals surface area contributed by atoms with Crippen LogP contribution in [0.1, 0.15) is 43.7 Å². The SMILES string of the molecule is CCCC(CO)(CC(Cc1ccc(-c2cc(Cl)ccc2F)cc1)NC(O)c1cn[nH]n1)C(=O)O. The van der Waals surface area contributed by atoms with Gasteiger partial charge in [-0.15, -0.1) is 0 Å². The molecule has 0 aliphatic heterocycles. The topological polar surface area (TPSA) is 131 Å². The van der Waals surface area contributed by atoms with E-state index in [1.807, 2.05) is 19.1 Å². The summed E-state index contributed by atoms with van der Waals surface area (Å²) in [5, 5.41) is 43.8. The van der Waals surface area contributed by atoms with Gasteiger partial charge in [0.05, 0.1) is 18.2 Å². The van der Waals surface area contributed by atoms with Gasteiger partial charge in [0.1, 0.15) is 11.5 Å². The molecular formula is C24H28ClFN4O4. The lowest BCUT2D eigenvalue weighted by Crippen LogP contribution is -2.44. The molecule has 3 aromatic rings. The molecular weight excluding hydrogens is 463 g/mol. The number of aromatic nitrogens is 3. The highest BCUT2D eigenvalue weighted by molar-refractivity contribution is 6.30. The van der Waals surface area contributed by atoms with Gasteiger partial charge in [-0.05, 0) is 48.6 Å². The lowest BCUT2D eigenvalue weighted by Gasteiger charge is -2.32. The molecule has 10 heteroatoms. The maximum Gasteiger partial charge on any atom is 0.312 e. The number of aliphatic carboxylic acids is 1. The molecule has 0 bridgehead atoms. The molecule has 0 saturated heterocycles. The van der Waals surface area contributed by atoms with Crippen molar-refractivity contribution in [1.82, 2.24) is 20.7 Å². The highest BCUT2D eigenvalue weighted by atomic mass is 35.5. The van der Waals surface area contributed by atoms with E-state index in [2.05, 4.69) is 20.7 Å². The molecule has 0 amide bonds. The number of rotatable bonds is 12. The Bertz CT molecular complexity index is 1080. The zero-order chi connectivity index (χ0) is 24.7. The number of benzene rings is 2. The summed E-state index contributed by atoms with van der Waals surface area (Å²) in [5.74, 6) is -1.48. The number of halogens is 2. The summed E-state index contributed by atoms with van der Waals surface area (Å²) in [4.78, 5) is 12.1. The van der Waals surface area contributed by atoms with Crippen LogP contribution in [-0.2, 0) is 11.2 Å². The molecule has 1 aromatic heterocycles. The Balaban J connectivity index is 1.85. The van der Waals surface area contributed by atoms with Crippen molar-refractivity contribution in [3.05, 3.63) is 70.8 Å². The van der Waals surface area contributed by atoms with E-state index >= 15 is 0 Å². The summed E-state index contributed by atoms with van der Waals surface area (Å²) in [6.45, 7) is 1.33. The Hall–Kier alpha value is -2.85. The lowest BCUT2D eigenvalue weighted by molar-refractivity contribution is -0.153. The molecule has 0 aliphatic rings. The summed E-state index contributed by atoms with van der Waals surface area (Å²) >= 11 is 6.01. The smallest absolute Gasteiger partial charge is 0.312 e. The van der Waals surface area contributed by atoms with Crippen molar-refractivity contribution in [3.63, 3.8) is 0 Å². The molecule has 8 nitrogen and oxygen atoms in total. The maximum absolute atomic E-state index is 14.2. The van der Waals surface area contributed by atoms with Gasteiger partial charge in [-0.3, -0.25) is 10.1 Å². The fraction of sp³-hybridized carbons (Fsp3) is 0.375. The van der Waals surface area contributed by atoms with Crippen LogP contribution in [0.3, 0.4) is 0 Å². The second kappa shape index (κ2) is 11.5. The second-order valence-electron chi connectivity index (χ2n) is 8.38. The molecule has 3 atom stereocenters. The molecule has 3 rings (SSSR count). The molecule has 0 fully saturated rings. The molecule has 5 N–H and O–H groups in total. The minimum atomic E-state index is -1.36. The van der Waals surface area contributed by atoms with Crippen molar-refractivity contribution in [2.75, 3.05) is 6.61 Å². The third kappa shape index (κ3) is 6.18. The zero-order valence-electron chi connectivity index (χ0n) is 18.7. The van der Waals surface area contributed by atoms with E-state index in [0.717, 1.165) is 5.56 Å². The molecule has 182 valence electrons. The standard InChI is InChI=1S/C24H28ClFN4O4/c1-2-9-24(14-31,23(33)34)12-18(28-22(32)21-13-27-30-29-21)10-15-3-5-16(6-4-15)19-11-17(25)7-8-20(19)26/h3-8,11,13,18,22,28,31-32H,2,9-10,12,14H2,1H3,(H,33,34)(H,27,29,30). The third-order valence-electron chi connectivity index (χ3n) is 5.90. The summed E-state index contributed by atoms with van der Waals surface area (Å²) in [5.41, 5.74) is 0.766. The number of nitrogens with zero attached hydrogens (tertiary/aromatic N) is 2. The van der Waals surface area contributed by atoms with Crippen LogP contribution in [0.25, 0.3) is 11.1 Å². The second-order valence-corrected chi connectivity index (χ2v) is 8.82. The Morgan fingerprint density at radius 1 is 1.26 bits per heavy atom. The molecule has 2 aromatic carbocycles. The predicted molar refractivity (Wildman–Crippen MR) is 125 cm³/mol. The highest BCUT2D eigenvalue weighted by Crippen LogP contribution is 2.32. The number of nitrogens with one attached hydrogen (secondary N) is 2. The Kier molecular flexibility index (Phi) is 8.73. The number of hydrogen-bond donors (Lipinski definition) is 5. The van der Waals surface area contributed by atoms with E-state index in [1.165, 1.54) is 18.3 Å². The van der Waals surface area contributed by atoms with Crippen LogP contribution in [0, 0.1) is 11.2 Å². The van der Waals surface area contributed by atoms with Crippen LogP contribution in [0.5, 0.6) is 0 Å². The van der Waals surface area contributed by atoms with Gasteiger partial charge in [-0.25, -0.2) is 4.39 Å². The van der Waals surface area contributed by atoms with Crippen molar-refractivity contribution in [2.24, 2.45) is 5.41 Å². The number of H-pyrrole nitrogens is 1. The molecule has 1 heterocycles. The molecule has 0 radical (unpaired) electrons. The van der Waals surface area contributed by atoms with E-state index in [1.54, 1.807) is 18.2 Å².